The van der Waals surface area contributed by atoms with Crippen molar-refractivity contribution in [3.05, 3.63) is 0 Å². The highest BCUT2D eigenvalue weighted by Crippen LogP contribution is 2.10. The van der Waals surface area contributed by atoms with E-state index < -0.39 is 0 Å². The molecular formula is C10H23N3. The molecular weight excluding hydrogens is 162 g/mol. The number of nitrogens with zero attached hydrogens (tertiary/aromatic N) is 1. The average Bonchev–Trinajstić information content (AvgIpc) is 2.39. The Hall–Kier alpha value is -0.120. The Morgan fingerprint density at radius 3 is 2.92 bits per heavy atom. The third-order valence-corrected chi connectivity index (χ3v) is 2.85. The van der Waals surface area contributed by atoms with Gasteiger partial charge in [0, 0.05) is 19.1 Å². The summed E-state index contributed by atoms with van der Waals surface area (Å²) < 4.78 is 0. The standard InChI is InChI=1S/C10H23N3/c1-2-13-8-3-4-10(5-9-13)12-7-6-11/h10,12H,2-9,11H2,1H3. The quantitative estimate of drug-likeness (QED) is 0.666. The highest BCUT2D eigenvalue weighted by Gasteiger charge is 2.14. The molecule has 0 radical (unpaired) electrons. The normalized spacial score (nSPS) is 25.8. The Balaban J connectivity index is 2.19. The Morgan fingerprint density at radius 1 is 1.38 bits per heavy atom. The zero-order valence-electron chi connectivity index (χ0n) is 8.76. The number of rotatable bonds is 4. The van der Waals surface area contributed by atoms with Gasteiger partial charge in [0.05, 0.1) is 0 Å². The van der Waals surface area contributed by atoms with Crippen LogP contribution in [0.15, 0.2) is 0 Å². The van der Waals surface area contributed by atoms with E-state index in [2.05, 4.69) is 17.1 Å². The highest BCUT2D eigenvalue weighted by molar-refractivity contribution is 4.74. The molecule has 0 aliphatic carbocycles. The van der Waals surface area contributed by atoms with Gasteiger partial charge in [-0.25, -0.2) is 0 Å². The number of likely N-dealkylation sites (tertiary alicyclic amines) is 1. The molecule has 0 aromatic heterocycles. The van der Waals surface area contributed by atoms with Crippen LogP contribution in [0.25, 0.3) is 0 Å². The zero-order chi connectivity index (χ0) is 9.52. The van der Waals surface area contributed by atoms with Gasteiger partial charge in [-0.15, -0.1) is 0 Å². The van der Waals surface area contributed by atoms with E-state index in [-0.39, 0.29) is 0 Å². The summed E-state index contributed by atoms with van der Waals surface area (Å²) in [6.07, 6.45) is 3.93. The molecule has 1 aliphatic rings. The van der Waals surface area contributed by atoms with Gasteiger partial charge < -0.3 is 16.0 Å². The zero-order valence-corrected chi connectivity index (χ0v) is 8.76. The van der Waals surface area contributed by atoms with Crippen LogP contribution in [-0.2, 0) is 0 Å². The van der Waals surface area contributed by atoms with Gasteiger partial charge in [-0.3, -0.25) is 0 Å². The van der Waals surface area contributed by atoms with Crippen LogP contribution >= 0.6 is 0 Å². The van der Waals surface area contributed by atoms with Crippen LogP contribution in [0.1, 0.15) is 26.2 Å². The highest BCUT2D eigenvalue weighted by atomic mass is 15.1. The lowest BCUT2D eigenvalue weighted by Crippen LogP contribution is -2.34. The second kappa shape index (κ2) is 6.35. The molecule has 3 heteroatoms. The summed E-state index contributed by atoms with van der Waals surface area (Å²) in [6, 6.07) is 0.708. The largest absolute Gasteiger partial charge is 0.329 e. The molecule has 0 aromatic carbocycles. The summed E-state index contributed by atoms with van der Waals surface area (Å²) in [5.74, 6) is 0. The number of hydrogen-bond acceptors (Lipinski definition) is 3. The molecule has 1 fully saturated rings. The van der Waals surface area contributed by atoms with Crippen LogP contribution in [0.2, 0.25) is 0 Å². The fourth-order valence-corrected chi connectivity index (χ4v) is 1.96. The summed E-state index contributed by atoms with van der Waals surface area (Å²) in [5.41, 5.74) is 5.47. The maximum atomic E-state index is 5.47. The van der Waals surface area contributed by atoms with Crippen molar-refractivity contribution in [2.24, 2.45) is 5.73 Å². The van der Waals surface area contributed by atoms with Gasteiger partial charge in [-0.2, -0.15) is 0 Å². The first-order valence-corrected chi connectivity index (χ1v) is 5.52. The minimum atomic E-state index is 0.708. The van der Waals surface area contributed by atoms with E-state index in [0.29, 0.717) is 6.04 Å². The number of nitrogens with one attached hydrogen (secondary N) is 1. The molecule has 0 saturated carbocycles. The first kappa shape index (κ1) is 11.0. The second-order valence-electron chi connectivity index (χ2n) is 3.80. The van der Waals surface area contributed by atoms with Crippen molar-refractivity contribution < 1.29 is 0 Å². The Labute approximate surface area is 81.7 Å². The third kappa shape index (κ3) is 4.07. The molecule has 0 aromatic rings. The fraction of sp³-hybridized carbons (Fsp3) is 1.00. The van der Waals surface area contributed by atoms with Gasteiger partial charge in [0.2, 0.25) is 0 Å². The van der Waals surface area contributed by atoms with Crippen molar-refractivity contribution in [3.8, 4) is 0 Å². The van der Waals surface area contributed by atoms with Crippen LogP contribution < -0.4 is 11.1 Å². The first-order chi connectivity index (χ1) is 6.36. The Morgan fingerprint density at radius 2 is 2.23 bits per heavy atom. The van der Waals surface area contributed by atoms with E-state index >= 15 is 0 Å². The topological polar surface area (TPSA) is 41.3 Å². The second-order valence-corrected chi connectivity index (χ2v) is 3.80. The van der Waals surface area contributed by atoms with Gasteiger partial charge in [-0.05, 0) is 38.9 Å². The molecule has 13 heavy (non-hydrogen) atoms. The summed E-state index contributed by atoms with van der Waals surface area (Å²) in [4.78, 5) is 2.53. The van der Waals surface area contributed by atoms with Crippen molar-refractivity contribution in [2.75, 3.05) is 32.7 Å². The van der Waals surface area contributed by atoms with Crippen LogP contribution in [0.3, 0.4) is 0 Å². The molecule has 0 spiro atoms. The van der Waals surface area contributed by atoms with E-state index in [0.717, 1.165) is 13.1 Å². The molecule has 0 amide bonds. The molecule has 78 valence electrons. The van der Waals surface area contributed by atoms with Crippen molar-refractivity contribution in [2.45, 2.75) is 32.2 Å². The van der Waals surface area contributed by atoms with Crippen molar-refractivity contribution in [3.63, 3.8) is 0 Å². The maximum absolute atomic E-state index is 5.47. The fourth-order valence-electron chi connectivity index (χ4n) is 1.96. The van der Waals surface area contributed by atoms with Gasteiger partial charge in [0.1, 0.15) is 0 Å². The minimum absolute atomic E-state index is 0.708. The SMILES string of the molecule is CCN1CCCC(NCCN)CC1. The maximum Gasteiger partial charge on any atom is 0.00802 e. The summed E-state index contributed by atoms with van der Waals surface area (Å²) in [6.45, 7) is 7.69. The molecule has 3 nitrogen and oxygen atoms in total. The van der Waals surface area contributed by atoms with E-state index in [1.54, 1.807) is 0 Å². The third-order valence-electron chi connectivity index (χ3n) is 2.85. The van der Waals surface area contributed by atoms with Crippen LogP contribution in [0.4, 0.5) is 0 Å². The average molecular weight is 185 g/mol. The van der Waals surface area contributed by atoms with Crippen LogP contribution in [0.5, 0.6) is 0 Å². The number of hydrogen-bond donors (Lipinski definition) is 2. The molecule has 1 aliphatic heterocycles. The van der Waals surface area contributed by atoms with Crippen LogP contribution in [0, 0.1) is 0 Å². The molecule has 1 atom stereocenters. The molecule has 3 N–H and O–H groups in total. The minimum Gasteiger partial charge on any atom is -0.329 e. The summed E-state index contributed by atoms with van der Waals surface area (Å²) >= 11 is 0. The smallest absolute Gasteiger partial charge is 0.00802 e. The monoisotopic (exact) mass is 185 g/mol. The van der Waals surface area contributed by atoms with Gasteiger partial charge >= 0.3 is 0 Å². The summed E-state index contributed by atoms with van der Waals surface area (Å²) in [5, 5.41) is 3.50. The predicted molar refractivity (Wildman–Crippen MR) is 56.8 cm³/mol. The molecule has 1 heterocycles. The lowest BCUT2D eigenvalue weighted by Gasteiger charge is -2.18. The van der Waals surface area contributed by atoms with E-state index in [1.165, 1.54) is 38.9 Å². The van der Waals surface area contributed by atoms with E-state index in [1.807, 2.05) is 0 Å². The van der Waals surface area contributed by atoms with Crippen LogP contribution in [-0.4, -0.2) is 43.7 Å². The van der Waals surface area contributed by atoms with E-state index in [4.69, 9.17) is 5.73 Å². The Bertz CT molecular complexity index is 127. The van der Waals surface area contributed by atoms with Crippen molar-refractivity contribution in [1.29, 1.82) is 0 Å². The van der Waals surface area contributed by atoms with Gasteiger partial charge in [0.25, 0.3) is 0 Å². The molecule has 1 rings (SSSR count). The van der Waals surface area contributed by atoms with Crippen molar-refractivity contribution in [1.82, 2.24) is 10.2 Å². The van der Waals surface area contributed by atoms with Gasteiger partial charge in [-0.1, -0.05) is 6.92 Å². The predicted octanol–water partition coefficient (Wildman–Crippen LogP) is 0.409. The lowest BCUT2D eigenvalue weighted by atomic mass is 10.1. The molecule has 1 unspecified atom stereocenters. The van der Waals surface area contributed by atoms with E-state index in [9.17, 15) is 0 Å². The van der Waals surface area contributed by atoms with Crippen molar-refractivity contribution >= 4 is 0 Å². The molecule has 0 bridgehead atoms. The first-order valence-electron chi connectivity index (χ1n) is 5.52. The van der Waals surface area contributed by atoms with Gasteiger partial charge in [0.15, 0.2) is 0 Å². The molecule has 1 saturated heterocycles. The Kier molecular flexibility index (Phi) is 5.35. The summed E-state index contributed by atoms with van der Waals surface area (Å²) in [7, 11) is 0. The number of nitrogens with two attached hydrogens (primary N) is 1. The lowest BCUT2D eigenvalue weighted by molar-refractivity contribution is 0.297.